The van der Waals surface area contributed by atoms with E-state index in [1.807, 2.05) is 6.92 Å². The number of anilines is 1. The van der Waals surface area contributed by atoms with Gasteiger partial charge in [-0.25, -0.2) is 9.37 Å². The largest absolute Gasteiger partial charge is 0.355 e. The summed E-state index contributed by atoms with van der Waals surface area (Å²) in [5.41, 5.74) is 2.35. The molecule has 0 aliphatic heterocycles. The van der Waals surface area contributed by atoms with Crippen LogP contribution in [0.15, 0.2) is 29.1 Å². The second-order valence-corrected chi connectivity index (χ2v) is 7.76. The molecule has 2 aromatic heterocycles. The van der Waals surface area contributed by atoms with Gasteiger partial charge in [0.2, 0.25) is 5.95 Å². The highest BCUT2D eigenvalue weighted by atomic mass is 32.1. The second-order valence-electron chi connectivity index (χ2n) is 6.68. The van der Waals surface area contributed by atoms with Gasteiger partial charge in [0, 0.05) is 18.0 Å². The number of nitrogens with zero attached hydrogens (tertiary/aromatic N) is 2. The molecule has 0 saturated heterocycles. The number of thiophene rings is 1. The van der Waals surface area contributed by atoms with Gasteiger partial charge in [-0.1, -0.05) is 12.1 Å². The third kappa shape index (κ3) is 3.14. The molecule has 0 saturated carbocycles. The highest BCUT2D eigenvalue weighted by Crippen LogP contribution is 2.34. The van der Waals surface area contributed by atoms with Gasteiger partial charge in [0.1, 0.15) is 10.6 Å². The van der Waals surface area contributed by atoms with E-state index in [-0.39, 0.29) is 11.4 Å². The van der Waals surface area contributed by atoms with Gasteiger partial charge in [0.25, 0.3) is 5.56 Å². The minimum Gasteiger partial charge on any atom is -0.355 e. The Morgan fingerprint density at radius 3 is 2.77 bits per heavy atom. The first-order chi connectivity index (χ1) is 12.7. The molecule has 4 rings (SSSR count). The lowest BCUT2D eigenvalue weighted by molar-refractivity contribution is 0.627. The molecule has 0 unspecified atom stereocenters. The Morgan fingerprint density at radius 1 is 1.23 bits per heavy atom. The first-order valence-corrected chi connectivity index (χ1v) is 10.0. The molecule has 26 heavy (non-hydrogen) atoms. The summed E-state index contributed by atoms with van der Waals surface area (Å²) in [6.07, 6.45) is 5.16. The lowest BCUT2D eigenvalue weighted by Crippen LogP contribution is -2.25. The first kappa shape index (κ1) is 17.2. The Kier molecular flexibility index (Phi) is 4.76. The van der Waals surface area contributed by atoms with Crippen LogP contribution in [-0.4, -0.2) is 16.1 Å². The van der Waals surface area contributed by atoms with E-state index in [1.54, 1.807) is 28.0 Å². The number of aryl methyl sites for hydroxylation is 2. The van der Waals surface area contributed by atoms with Crippen LogP contribution in [0.3, 0.4) is 0 Å². The van der Waals surface area contributed by atoms with E-state index in [2.05, 4.69) is 5.32 Å². The number of rotatable bonds is 5. The van der Waals surface area contributed by atoms with Crippen molar-refractivity contribution < 1.29 is 4.39 Å². The van der Waals surface area contributed by atoms with E-state index in [0.717, 1.165) is 41.5 Å². The molecule has 3 aromatic rings. The number of fused-ring (bicyclic) bond motifs is 3. The molecule has 1 aliphatic rings. The van der Waals surface area contributed by atoms with Gasteiger partial charge in [-0.15, -0.1) is 11.3 Å². The average Bonchev–Trinajstić information content (AvgIpc) is 3.02. The maximum absolute atomic E-state index is 13.0. The predicted molar refractivity (Wildman–Crippen MR) is 105 cm³/mol. The Morgan fingerprint density at radius 2 is 2.00 bits per heavy atom. The van der Waals surface area contributed by atoms with E-state index in [1.165, 1.54) is 29.0 Å². The fourth-order valence-electron chi connectivity index (χ4n) is 3.64. The Balaban J connectivity index is 1.62. The summed E-state index contributed by atoms with van der Waals surface area (Å²) in [4.78, 5) is 20.0. The lowest BCUT2D eigenvalue weighted by Gasteiger charge is -2.13. The SMILES string of the molecule is CCn1c(NCCc2ccc(F)cc2)nc2sc3c(c2c1=O)CCCC3. The van der Waals surface area contributed by atoms with Crippen LogP contribution in [0, 0.1) is 5.82 Å². The molecule has 0 amide bonds. The quantitative estimate of drug-likeness (QED) is 0.733. The maximum atomic E-state index is 13.0. The van der Waals surface area contributed by atoms with E-state index in [4.69, 9.17) is 4.98 Å². The van der Waals surface area contributed by atoms with E-state index < -0.39 is 0 Å². The van der Waals surface area contributed by atoms with Crippen LogP contribution in [-0.2, 0) is 25.8 Å². The molecule has 136 valence electrons. The zero-order valence-corrected chi connectivity index (χ0v) is 15.7. The van der Waals surface area contributed by atoms with Gasteiger partial charge in [0.15, 0.2) is 0 Å². The molecule has 1 aromatic carbocycles. The monoisotopic (exact) mass is 371 g/mol. The molecule has 2 heterocycles. The molecule has 4 nitrogen and oxygen atoms in total. The summed E-state index contributed by atoms with van der Waals surface area (Å²) >= 11 is 1.67. The molecule has 0 atom stereocenters. The number of hydrogen-bond acceptors (Lipinski definition) is 4. The normalized spacial score (nSPS) is 13.8. The van der Waals surface area contributed by atoms with Crippen LogP contribution in [0.4, 0.5) is 10.3 Å². The molecule has 6 heteroatoms. The number of nitrogens with one attached hydrogen (secondary N) is 1. The van der Waals surface area contributed by atoms with Crippen molar-refractivity contribution in [3.8, 4) is 0 Å². The fourth-order valence-corrected chi connectivity index (χ4v) is 4.89. The smallest absolute Gasteiger partial charge is 0.263 e. The molecule has 1 aliphatic carbocycles. The summed E-state index contributed by atoms with van der Waals surface area (Å²) in [6, 6.07) is 6.51. The van der Waals surface area contributed by atoms with Crippen LogP contribution >= 0.6 is 11.3 Å². The average molecular weight is 371 g/mol. The van der Waals surface area contributed by atoms with Crippen molar-refractivity contribution in [1.29, 1.82) is 0 Å². The molecular formula is C20H22FN3OS. The zero-order chi connectivity index (χ0) is 18.1. The third-order valence-electron chi connectivity index (χ3n) is 5.00. The summed E-state index contributed by atoms with van der Waals surface area (Å²) in [7, 11) is 0. The van der Waals surface area contributed by atoms with Crippen LogP contribution in [0.2, 0.25) is 0 Å². The number of hydrogen-bond donors (Lipinski definition) is 1. The summed E-state index contributed by atoms with van der Waals surface area (Å²) < 4.78 is 14.7. The molecule has 0 bridgehead atoms. The Hall–Kier alpha value is -2.21. The molecule has 0 fully saturated rings. The van der Waals surface area contributed by atoms with Gasteiger partial charge >= 0.3 is 0 Å². The van der Waals surface area contributed by atoms with Crippen LogP contribution in [0.1, 0.15) is 35.8 Å². The topological polar surface area (TPSA) is 46.9 Å². The van der Waals surface area contributed by atoms with Gasteiger partial charge in [-0.05, 0) is 62.3 Å². The van der Waals surface area contributed by atoms with E-state index in [0.29, 0.717) is 19.0 Å². The third-order valence-corrected chi connectivity index (χ3v) is 6.19. The molecule has 1 N–H and O–H groups in total. The molecular weight excluding hydrogens is 349 g/mol. The predicted octanol–water partition coefficient (Wildman–Crippen LogP) is 4.15. The first-order valence-electron chi connectivity index (χ1n) is 9.20. The van der Waals surface area contributed by atoms with Crippen LogP contribution < -0.4 is 10.9 Å². The zero-order valence-electron chi connectivity index (χ0n) is 14.8. The summed E-state index contributed by atoms with van der Waals surface area (Å²) in [6.45, 7) is 3.21. The van der Waals surface area contributed by atoms with Crippen molar-refractivity contribution in [3.63, 3.8) is 0 Å². The van der Waals surface area contributed by atoms with Crippen molar-refractivity contribution in [2.24, 2.45) is 0 Å². The van der Waals surface area contributed by atoms with Crippen molar-refractivity contribution >= 4 is 27.5 Å². The standard InChI is InChI=1S/C20H22FN3OS/c1-2-24-19(25)17-15-5-3-4-6-16(15)26-18(17)23-20(24)22-12-11-13-7-9-14(21)10-8-13/h7-10H,2-6,11-12H2,1H3,(H,22,23). The maximum Gasteiger partial charge on any atom is 0.263 e. The Bertz CT molecular complexity index is 991. The number of halogens is 1. The fraction of sp³-hybridized carbons (Fsp3) is 0.400. The van der Waals surface area contributed by atoms with Crippen molar-refractivity contribution in [3.05, 3.63) is 56.4 Å². The molecule has 0 radical (unpaired) electrons. The Labute approximate surface area is 155 Å². The van der Waals surface area contributed by atoms with Crippen molar-refractivity contribution in [2.45, 2.75) is 45.6 Å². The number of benzene rings is 1. The van der Waals surface area contributed by atoms with Gasteiger partial charge in [0.05, 0.1) is 5.39 Å². The van der Waals surface area contributed by atoms with E-state index >= 15 is 0 Å². The highest BCUT2D eigenvalue weighted by molar-refractivity contribution is 7.18. The second kappa shape index (κ2) is 7.19. The summed E-state index contributed by atoms with van der Waals surface area (Å²) in [5, 5.41) is 4.13. The van der Waals surface area contributed by atoms with Crippen LogP contribution in [0.25, 0.3) is 10.2 Å². The van der Waals surface area contributed by atoms with Crippen molar-refractivity contribution in [1.82, 2.24) is 9.55 Å². The van der Waals surface area contributed by atoms with Gasteiger partial charge in [-0.3, -0.25) is 9.36 Å². The summed E-state index contributed by atoms with van der Waals surface area (Å²) in [5.74, 6) is 0.404. The minimum absolute atomic E-state index is 0.0705. The van der Waals surface area contributed by atoms with Crippen molar-refractivity contribution in [2.75, 3.05) is 11.9 Å². The van der Waals surface area contributed by atoms with Crippen LogP contribution in [0.5, 0.6) is 0 Å². The lowest BCUT2D eigenvalue weighted by atomic mass is 9.97. The van der Waals surface area contributed by atoms with E-state index in [9.17, 15) is 9.18 Å². The van der Waals surface area contributed by atoms with Gasteiger partial charge < -0.3 is 5.32 Å². The highest BCUT2D eigenvalue weighted by Gasteiger charge is 2.21. The number of aromatic nitrogens is 2. The minimum atomic E-state index is -0.227. The molecule has 0 spiro atoms. The van der Waals surface area contributed by atoms with Gasteiger partial charge in [-0.2, -0.15) is 0 Å².